The van der Waals surface area contributed by atoms with E-state index in [0.717, 1.165) is 22.3 Å². The van der Waals surface area contributed by atoms with Crippen molar-refractivity contribution in [3.8, 4) is 22.3 Å². The van der Waals surface area contributed by atoms with Crippen molar-refractivity contribution < 1.29 is 50.7 Å². The molecular weight excluding hydrogens is 658 g/mol. The van der Waals surface area contributed by atoms with Crippen molar-refractivity contribution in [1.29, 1.82) is 0 Å². The summed E-state index contributed by atoms with van der Waals surface area (Å²) in [6, 6.07) is 39.2. The second-order valence-electron chi connectivity index (χ2n) is 10.8. The Balaban J connectivity index is 0.000000402. The highest BCUT2D eigenvalue weighted by Gasteiger charge is 2.61. The second kappa shape index (κ2) is 15.3. The summed E-state index contributed by atoms with van der Waals surface area (Å²) < 4.78 is 73.8. The minimum Gasteiger partial charge on any atom is -0.459 e. The van der Waals surface area contributed by atoms with Gasteiger partial charge in [-0.05, 0) is 58.7 Å². The topological polar surface area (TPSA) is 136 Å². The van der Waals surface area contributed by atoms with Crippen LogP contribution in [0.5, 0.6) is 0 Å². The Labute approximate surface area is 281 Å². The zero-order chi connectivity index (χ0) is 35.0. The summed E-state index contributed by atoms with van der Waals surface area (Å²) in [4.78, 5) is 25.2. The number of ether oxygens (including phenoxy) is 3. The summed E-state index contributed by atoms with van der Waals surface area (Å²) in [6.45, 7) is -0.656. The number of halogens is 2. The van der Waals surface area contributed by atoms with Gasteiger partial charge in [0.1, 0.15) is 12.7 Å². The summed E-state index contributed by atoms with van der Waals surface area (Å²) in [6.07, 6.45) is -6.26. The second-order valence-corrected chi connectivity index (χ2v) is 12.2. The van der Waals surface area contributed by atoms with E-state index < -0.39 is 53.1 Å². The number of benzene rings is 5. The highest BCUT2D eigenvalue weighted by Crippen LogP contribution is 2.38. The number of hydrogen-bond acceptors (Lipinski definition) is 8. The SMILES string of the molecule is O=C(OC[C@H]1OC(O)C(F)(F)[C@@H]1OC(=O)c1ccc(-c2ccccc2)cc1)c1ccc(-c2ccccc2)cc1.O=S(=O)(O)c1ccccc1. The first-order valence-electron chi connectivity index (χ1n) is 14.9. The third-order valence-electron chi connectivity index (χ3n) is 7.46. The van der Waals surface area contributed by atoms with Gasteiger partial charge < -0.3 is 19.3 Å². The van der Waals surface area contributed by atoms with Gasteiger partial charge in [-0.15, -0.1) is 0 Å². The molecular formula is C37H30F2O9S. The Kier molecular flexibility index (Phi) is 10.9. The molecule has 0 aromatic heterocycles. The van der Waals surface area contributed by atoms with Gasteiger partial charge in [0.2, 0.25) is 6.29 Å². The minimum absolute atomic E-state index is 0.0427. The summed E-state index contributed by atoms with van der Waals surface area (Å²) in [5.41, 5.74) is 3.85. The zero-order valence-corrected chi connectivity index (χ0v) is 26.5. The molecule has 0 amide bonds. The van der Waals surface area contributed by atoms with E-state index in [2.05, 4.69) is 0 Å². The van der Waals surface area contributed by atoms with Gasteiger partial charge in [-0.2, -0.15) is 17.2 Å². The molecule has 1 aliphatic heterocycles. The minimum atomic E-state index is -4.00. The Morgan fingerprint density at radius 1 is 0.653 bits per heavy atom. The van der Waals surface area contributed by atoms with Crippen LogP contribution in [0, 0.1) is 0 Å². The predicted octanol–water partition coefficient (Wildman–Crippen LogP) is 6.69. The molecule has 6 rings (SSSR count). The molecule has 12 heteroatoms. The number of carbonyl (C=O) groups is 2. The van der Waals surface area contributed by atoms with Gasteiger partial charge in [-0.1, -0.05) is 103 Å². The van der Waals surface area contributed by atoms with Gasteiger partial charge in [0.05, 0.1) is 16.0 Å². The van der Waals surface area contributed by atoms with Crippen molar-refractivity contribution in [1.82, 2.24) is 0 Å². The van der Waals surface area contributed by atoms with Crippen molar-refractivity contribution >= 4 is 22.1 Å². The molecule has 0 saturated carbocycles. The van der Waals surface area contributed by atoms with Gasteiger partial charge >= 0.3 is 17.9 Å². The highest BCUT2D eigenvalue weighted by molar-refractivity contribution is 7.85. The number of alkyl halides is 2. The van der Waals surface area contributed by atoms with Crippen LogP contribution in [0.25, 0.3) is 22.3 Å². The van der Waals surface area contributed by atoms with E-state index in [4.69, 9.17) is 18.8 Å². The van der Waals surface area contributed by atoms with Crippen LogP contribution in [0.15, 0.2) is 144 Å². The maximum absolute atomic E-state index is 14.7. The van der Waals surface area contributed by atoms with E-state index in [1.807, 2.05) is 60.7 Å². The van der Waals surface area contributed by atoms with Crippen molar-refractivity contribution in [3.05, 3.63) is 151 Å². The average Bonchev–Trinajstić information content (AvgIpc) is 3.34. The van der Waals surface area contributed by atoms with Gasteiger partial charge in [-0.3, -0.25) is 4.55 Å². The van der Waals surface area contributed by atoms with Crippen LogP contribution >= 0.6 is 0 Å². The summed E-state index contributed by atoms with van der Waals surface area (Å²) in [5.74, 6) is -5.71. The van der Waals surface area contributed by atoms with E-state index in [-0.39, 0.29) is 16.0 Å². The summed E-state index contributed by atoms with van der Waals surface area (Å²) >= 11 is 0. The van der Waals surface area contributed by atoms with Crippen LogP contribution in [-0.4, -0.2) is 61.0 Å². The standard InChI is InChI=1S/C31H24F2O6.C6H6O3S/c32-31(33)27(39-29(35)25-17-13-23(14-18-25)21-9-5-2-6-10-21)26(38-30(31)36)19-37-28(34)24-15-11-22(12-16-24)20-7-3-1-4-8-20;7-10(8,9)6-4-2-1-3-5-6/h1-18,26-27,30,36H,19H2;1-5H,(H,7,8,9)/t26-,27-,30?;/m1./s1. The molecule has 5 aromatic rings. The lowest BCUT2D eigenvalue weighted by Gasteiger charge is -2.22. The van der Waals surface area contributed by atoms with Crippen LogP contribution in [0.2, 0.25) is 0 Å². The van der Waals surface area contributed by atoms with Gasteiger partial charge in [0.25, 0.3) is 10.1 Å². The maximum atomic E-state index is 14.7. The normalized spacial score (nSPS) is 18.1. The van der Waals surface area contributed by atoms with E-state index in [0.29, 0.717) is 0 Å². The third-order valence-corrected chi connectivity index (χ3v) is 8.33. The largest absolute Gasteiger partial charge is 0.459 e. The molecule has 0 radical (unpaired) electrons. The van der Waals surface area contributed by atoms with E-state index >= 15 is 0 Å². The first kappa shape index (κ1) is 35.0. The molecule has 49 heavy (non-hydrogen) atoms. The number of aliphatic hydroxyl groups is 1. The predicted molar refractivity (Wildman–Crippen MR) is 175 cm³/mol. The summed E-state index contributed by atoms with van der Waals surface area (Å²) in [5, 5.41) is 9.76. The van der Waals surface area contributed by atoms with E-state index in [1.165, 1.54) is 24.3 Å². The molecule has 3 atom stereocenters. The smallest absolute Gasteiger partial charge is 0.338 e. The molecule has 0 bridgehead atoms. The molecule has 2 N–H and O–H groups in total. The molecule has 1 heterocycles. The molecule has 0 aliphatic carbocycles. The van der Waals surface area contributed by atoms with Gasteiger partial charge in [-0.25, -0.2) is 9.59 Å². The number of hydrogen-bond donors (Lipinski definition) is 2. The fourth-order valence-electron chi connectivity index (χ4n) is 4.87. The van der Waals surface area contributed by atoms with E-state index in [1.54, 1.807) is 54.6 Å². The Hall–Kier alpha value is -5.27. The molecule has 252 valence electrons. The van der Waals surface area contributed by atoms with Crippen molar-refractivity contribution in [2.24, 2.45) is 0 Å². The third kappa shape index (κ3) is 8.80. The molecule has 1 fully saturated rings. The van der Waals surface area contributed by atoms with Crippen LogP contribution < -0.4 is 0 Å². The number of esters is 2. The Morgan fingerprint density at radius 3 is 1.49 bits per heavy atom. The van der Waals surface area contributed by atoms with Gasteiger partial charge in [0, 0.05) is 0 Å². The first-order chi connectivity index (χ1) is 23.4. The quantitative estimate of drug-likeness (QED) is 0.135. The van der Waals surface area contributed by atoms with Gasteiger partial charge in [0.15, 0.2) is 6.10 Å². The molecule has 1 unspecified atom stereocenters. The lowest BCUT2D eigenvalue weighted by Crippen LogP contribution is -2.44. The molecule has 1 aliphatic rings. The maximum Gasteiger partial charge on any atom is 0.338 e. The van der Waals surface area contributed by atoms with Crippen LogP contribution in [0.4, 0.5) is 8.78 Å². The van der Waals surface area contributed by atoms with Crippen molar-refractivity contribution in [2.45, 2.75) is 29.3 Å². The van der Waals surface area contributed by atoms with Crippen molar-refractivity contribution in [2.75, 3.05) is 6.61 Å². The fraction of sp³-hybridized carbons (Fsp3) is 0.135. The highest BCUT2D eigenvalue weighted by atomic mass is 32.2. The monoisotopic (exact) mass is 688 g/mol. The molecule has 9 nitrogen and oxygen atoms in total. The van der Waals surface area contributed by atoms with Crippen LogP contribution in [0.3, 0.4) is 0 Å². The summed E-state index contributed by atoms with van der Waals surface area (Å²) in [7, 11) is -4.00. The van der Waals surface area contributed by atoms with E-state index in [9.17, 15) is 31.9 Å². The van der Waals surface area contributed by atoms with Crippen LogP contribution in [0.1, 0.15) is 20.7 Å². The lowest BCUT2D eigenvalue weighted by atomic mass is 10.0. The zero-order valence-electron chi connectivity index (χ0n) is 25.6. The lowest BCUT2D eigenvalue weighted by molar-refractivity contribution is -0.199. The number of carbonyl (C=O) groups excluding carboxylic acids is 2. The molecule has 5 aromatic carbocycles. The Morgan fingerprint density at radius 2 is 1.06 bits per heavy atom. The first-order valence-corrected chi connectivity index (χ1v) is 16.3. The Bertz CT molecular complexity index is 1960. The molecule has 0 spiro atoms. The fourth-order valence-corrected chi connectivity index (χ4v) is 5.37. The van der Waals surface area contributed by atoms with Crippen LogP contribution in [-0.2, 0) is 24.3 Å². The molecule has 1 saturated heterocycles. The number of rotatable bonds is 8. The van der Waals surface area contributed by atoms with Crippen molar-refractivity contribution in [3.63, 3.8) is 0 Å². The number of aliphatic hydroxyl groups excluding tert-OH is 1. The average molecular weight is 689 g/mol.